The first kappa shape index (κ1) is 38.2. The van der Waals surface area contributed by atoms with E-state index in [4.69, 9.17) is 9.72 Å². The molecule has 8 aromatic rings. The summed E-state index contributed by atoms with van der Waals surface area (Å²) >= 11 is 0. The zero-order chi connectivity index (χ0) is 41.3. The van der Waals surface area contributed by atoms with Gasteiger partial charge in [-0.2, -0.15) is 0 Å². The first-order valence-corrected chi connectivity index (χ1v) is 20.8. The fourth-order valence-electron chi connectivity index (χ4n) is 8.36. The maximum atomic E-state index is 6.76. The molecule has 9 rings (SSSR count). The second kappa shape index (κ2) is 14.2. The van der Waals surface area contributed by atoms with Gasteiger partial charge in [-0.1, -0.05) is 135 Å². The lowest BCUT2D eigenvalue weighted by Crippen LogP contribution is -2.24. The molecule has 5 nitrogen and oxygen atoms in total. The van der Waals surface area contributed by atoms with E-state index in [1.807, 2.05) is 12.3 Å². The number of rotatable bonds is 6. The molecule has 1 aliphatic rings. The minimum absolute atomic E-state index is 0.00158. The number of hydrogen-bond donors (Lipinski definition) is 0. The molecular weight excluding hydrogens is 721 g/mol. The highest BCUT2D eigenvalue weighted by Gasteiger charge is 2.32. The molecule has 0 atom stereocenters. The number of nitrogens with zero attached hydrogens (tertiary/aromatic N) is 4. The lowest BCUT2D eigenvalue weighted by atomic mass is 9.78. The maximum Gasteiger partial charge on any atom is 0.137 e. The van der Waals surface area contributed by atoms with E-state index >= 15 is 0 Å². The summed E-state index contributed by atoms with van der Waals surface area (Å²) in [5, 5.41) is 2.35. The summed E-state index contributed by atoms with van der Waals surface area (Å²) in [4.78, 5) is 9.74. The van der Waals surface area contributed by atoms with Crippen LogP contribution in [0.4, 0.5) is 22.7 Å². The van der Waals surface area contributed by atoms with Crippen LogP contribution in [0.1, 0.15) is 79.0 Å². The van der Waals surface area contributed by atoms with Crippen LogP contribution in [0.15, 0.2) is 152 Å². The fraction of sp³-hybridized carbons (Fsp3) is 0.241. The Morgan fingerprint density at radius 3 is 1.86 bits per heavy atom. The predicted molar refractivity (Wildman–Crippen MR) is 249 cm³/mol. The van der Waals surface area contributed by atoms with E-state index in [9.17, 15) is 0 Å². The molecule has 0 N–H and O–H groups in total. The number of anilines is 4. The van der Waals surface area contributed by atoms with Gasteiger partial charge in [0.2, 0.25) is 0 Å². The summed E-state index contributed by atoms with van der Waals surface area (Å²) < 4.78 is 9.03. The van der Waals surface area contributed by atoms with Crippen LogP contribution in [-0.2, 0) is 16.2 Å². The molecule has 0 unspecified atom stereocenters. The normalized spacial score (nSPS) is 13.4. The standard InChI is InChI=1S/C54H54N4O/c1-52(2,3)37-27-28-55-50(32-37)58-47-23-14-13-21-45(47)46-26-25-43(34-49(46)58)59-42-20-15-19-41(33-42)56-35-57(40-17-11-10-12-18-40)51-44(22-16-24-48(51)56)36-29-38(53(4,5)6)31-39(30-36)54(7,8)9/h10-34H,35H2,1-9H3. The van der Waals surface area contributed by atoms with Crippen LogP contribution < -0.4 is 14.5 Å². The quantitative estimate of drug-likeness (QED) is 0.168. The number of hydrogen-bond acceptors (Lipinski definition) is 4. The molecule has 0 saturated heterocycles. The van der Waals surface area contributed by atoms with Crippen LogP contribution in [0, 0.1) is 0 Å². The summed E-state index contributed by atoms with van der Waals surface area (Å²) in [7, 11) is 0. The van der Waals surface area contributed by atoms with Crippen molar-refractivity contribution in [1.82, 2.24) is 9.55 Å². The highest BCUT2D eigenvalue weighted by molar-refractivity contribution is 6.09. The van der Waals surface area contributed by atoms with Gasteiger partial charge in [0, 0.05) is 46.0 Å². The van der Waals surface area contributed by atoms with Crippen LogP contribution in [-0.4, -0.2) is 16.2 Å². The lowest BCUT2D eigenvalue weighted by molar-refractivity contribution is 0.483. The number of fused-ring (bicyclic) bond motifs is 4. The van der Waals surface area contributed by atoms with Crippen molar-refractivity contribution in [1.29, 1.82) is 0 Å². The zero-order valence-corrected chi connectivity index (χ0v) is 35.8. The molecule has 0 bridgehead atoms. The summed E-state index contributed by atoms with van der Waals surface area (Å²) in [5.41, 5.74) is 13.2. The molecule has 1 aliphatic heterocycles. The highest BCUT2D eigenvalue weighted by atomic mass is 16.5. The molecule has 2 aromatic heterocycles. The van der Waals surface area contributed by atoms with E-state index in [-0.39, 0.29) is 16.2 Å². The first-order valence-electron chi connectivity index (χ1n) is 20.8. The predicted octanol–water partition coefficient (Wildman–Crippen LogP) is 14.8. The minimum Gasteiger partial charge on any atom is -0.457 e. The van der Waals surface area contributed by atoms with Gasteiger partial charge in [0.05, 0.1) is 22.4 Å². The van der Waals surface area contributed by atoms with Gasteiger partial charge >= 0.3 is 0 Å². The average Bonchev–Trinajstić information content (AvgIpc) is 3.76. The van der Waals surface area contributed by atoms with E-state index < -0.39 is 0 Å². The Balaban J connectivity index is 1.12. The van der Waals surface area contributed by atoms with Gasteiger partial charge in [0.25, 0.3) is 0 Å². The van der Waals surface area contributed by atoms with Gasteiger partial charge in [-0.05, 0) is 99.2 Å². The van der Waals surface area contributed by atoms with Crippen molar-refractivity contribution in [2.45, 2.75) is 78.6 Å². The van der Waals surface area contributed by atoms with E-state index in [0.29, 0.717) is 6.67 Å². The Labute approximate surface area is 349 Å². The van der Waals surface area contributed by atoms with Gasteiger partial charge < -0.3 is 14.5 Å². The van der Waals surface area contributed by atoms with Crippen LogP contribution >= 0.6 is 0 Å². The van der Waals surface area contributed by atoms with Crippen molar-refractivity contribution in [2.24, 2.45) is 0 Å². The second-order valence-electron chi connectivity index (χ2n) is 19.1. The number of para-hydroxylation sites is 3. The van der Waals surface area contributed by atoms with Crippen molar-refractivity contribution < 1.29 is 4.74 Å². The minimum atomic E-state index is -0.00158. The molecule has 0 fully saturated rings. The summed E-state index contributed by atoms with van der Waals surface area (Å²) in [6, 6.07) is 52.5. The van der Waals surface area contributed by atoms with Crippen LogP contribution in [0.3, 0.4) is 0 Å². The smallest absolute Gasteiger partial charge is 0.137 e. The van der Waals surface area contributed by atoms with Crippen LogP contribution in [0.2, 0.25) is 0 Å². The Morgan fingerprint density at radius 1 is 0.492 bits per heavy atom. The Hall–Kier alpha value is -6.33. The molecule has 296 valence electrons. The van der Waals surface area contributed by atoms with Crippen molar-refractivity contribution in [2.75, 3.05) is 16.5 Å². The largest absolute Gasteiger partial charge is 0.457 e. The summed E-state index contributed by atoms with van der Waals surface area (Å²) in [5.74, 6) is 2.45. The molecule has 0 radical (unpaired) electrons. The molecule has 0 amide bonds. The van der Waals surface area contributed by atoms with E-state index in [0.717, 1.165) is 50.8 Å². The fourth-order valence-corrected chi connectivity index (χ4v) is 8.36. The molecule has 6 aromatic carbocycles. The highest BCUT2D eigenvalue weighted by Crippen LogP contribution is 2.50. The lowest BCUT2D eigenvalue weighted by Gasteiger charge is -2.27. The SMILES string of the molecule is CC(C)(C)c1cc(-c2cccc3c2N(c2ccccc2)CN3c2cccc(Oc3ccc4c5ccccc5n(-c5cc(C(C)(C)C)ccn5)c4c3)c2)cc(C(C)(C)C)c1. The third-order valence-electron chi connectivity index (χ3n) is 11.8. The molecule has 0 saturated carbocycles. The van der Waals surface area contributed by atoms with Crippen molar-refractivity contribution in [3.63, 3.8) is 0 Å². The van der Waals surface area contributed by atoms with Crippen LogP contribution in [0.25, 0.3) is 38.8 Å². The first-order chi connectivity index (χ1) is 28.1. The van der Waals surface area contributed by atoms with Gasteiger partial charge in [0.1, 0.15) is 24.0 Å². The van der Waals surface area contributed by atoms with Gasteiger partial charge in [-0.25, -0.2) is 4.98 Å². The van der Waals surface area contributed by atoms with E-state index in [2.05, 4.69) is 216 Å². The molecular formula is C54H54N4O. The van der Waals surface area contributed by atoms with Crippen molar-refractivity contribution >= 4 is 44.6 Å². The average molecular weight is 775 g/mol. The van der Waals surface area contributed by atoms with Crippen LogP contribution in [0.5, 0.6) is 11.5 Å². The monoisotopic (exact) mass is 774 g/mol. The molecule has 0 spiro atoms. The van der Waals surface area contributed by atoms with Gasteiger partial charge in [0.15, 0.2) is 0 Å². The number of pyridine rings is 1. The number of ether oxygens (including phenoxy) is 1. The number of aromatic nitrogens is 2. The topological polar surface area (TPSA) is 33.5 Å². The molecule has 0 aliphatic carbocycles. The van der Waals surface area contributed by atoms with Gasteiger partial charge in [-0.15, -0.1) is 0 Å². The third-order valence-corrected chi connectivity index (χ3v) is 11.8. The summed E-state index contributed by atoms with van der Waals surface area (Å²) in [6.45, 7) is 21.2. The van der Waals surface area contributed by atoms with Crippen molar-refractivity contribution in [3.8, 4) is 28.4 Å². The second-order valence-corrected chi connectivity index (χ2v) is 19.1. The molecule has 5 heteroatoms. The summed E-state index contributed by atoms with van der Waals surface area (Å²) in [6.07, 6.45) is 1.92. The third kappa shape index (κ3) is 7.13. The number of benzene rings is 6. The Bertz CT molecular complexity index is 2820. The molecule has 3 heterocycles. The van der Waals surface area contributed by atoms with E-state index in [1.165, 1.54) is 38.9 Å². The Kier molecular flexibility index (Phi) is 9.19. The molecule has 59 heavy (non-hydrogen) atoms. The Morgan fingerprint density at radius 2 is 1.14 bits per heavy atom. The maximum absolute atomic E-state index is 6.76. The van der Waals surface area contributed by atoms with Gasteiger partial charge in [-0.3, -0.25) is 4.57 Å². The zero-order valence-electron chi connectivity index (χ0n) is 35.8. The van der Waals surface area contributed by atoms with Crippen molar-refractivity contribution in [3.05, 3.63) is 168 Å². The van der Waals surface area contributed by atoms with E-state index in [1.54, 1.807) is 0 Å².